The Balaban J connectivity index is 2.15. The summed E-state index contributed by atoms with van der Waals surface area (Å²) >= 11 is 0. The topological polar surface area (TPSA) is 68.7 Å². The maximum Gasteiger partial charge on any atom is 0.339 e. The average Bonchev–Trinajstić information content (AvgIpc) is 2.65. The molecule has 0 aliphatic carbocycles. The van der Waals surface area contributed by atoms with Crippen LogP contribution in [0.5, 0.6) is 0 Å². The minimum Gasteiger partial charge on any atom is -0.465 e. The van der Waals surface area contributed by atoms with Gasteiger partial charge in [0, 0.05) is 26.4 Å². The van der Waals surface area contributed by atoms with Crippen molar-refractivity contribution in [2.75, 3.05) is 27.4 Å². The third kappa shape index (κ3) is 4.63. The van der Waals surface area contributed by atoms with Crippen LogP contribution >= 0.6 is 0 Å². The van der Waals surface area contributed by atoms with Crippen molar-refractivity contribution in [3.63, 3.8) is 0 Å². The van der Waals surface area contributed by atoms with E-state index in [0.29, 0.717) is 25.3 Å². The Hall–Kier alpha value is -2.73. The fraction of sp³-hybridized carbons (Fsp3) is 0.278. The van der Waals surface area contributed by atoms with Gasteiger partial charge in [-0.1, -0.05) is 30.3 Å². The summed E-state index contributed by atoms with van der Waals surface area (Å²) in [5.41, 5.74) is 1.60. The highest BCUT2D eigenvalue weighted by Crippen LogP contribution is 2.10. The first-order valence-electron chi connectivity index (χ1n) is 7.52. The number of esters is 1. The molecular formula is C18H20N2O4. The Labute approximate surface area is 141 Å². The average molecular weight is 328 g/mol. The predicted molar refractivity (Wildman–Crippen MR) is 88.6 cm³/mol. The summed E-state index contributed by atoms with van der Waals surface area (Å²) in [4.78, 5) is 29.9. The molecule has 2 rings (SSSR count). The van der Waals surface area contributed by atoms with Gasteiger partial charge in [-0.25, -0.2) is 4.79 Å². The zero-order chi connectivity index (χ0) is 17.4. The van der Waals surface area contributed by atoms with Gasteiger partial charge < -0.3 is 14.4 Å². The van der Waals surface area contributed by atoms with Crippen LogP contribution in [0.3, 0.4) is 0 Å². The molecule has 1 amide bonds. The van der Waals surface area contributed by atoms with Gasteiger partial charge in [0.15, 0.2) is 0 Å². The van der Waals surface area contributed by atoms with Crippen molar-refractivity contribution >= 4 is 11.9 Å². The van der Waals surface area contributed by atoms with Gasteiger partial charge in [-0.2, -0.15) is 0 Å². The van der Waals surface area contributed by atoms with E-state index in [0.717, 1.165) is 5.56 Å². The van der Waals surface area contributed by atoms with E-state index in [1.54, 1.807) is 12.0 Å². The number of carbonyl (C=O) groups excluding carboxylic acids is 2. The Kier molecular flexibility index (Phi) is 6.45. The van der Waals surface area contributed by atoms with Crippen molar-refractivity contribution in [3.05, 3.63) is 65.5 Å². The Morgan fingerprint density at radius 2 is 1.83 bits per heavy atom. The highest BCUT2D eigenvalue weighted by Gasteiger charge is 2.18. The van der Waals surface area contributed by atoms with Crippen molar-refractivity contribution in [1.29, 1.82) is 0 Å². The molecule has 0 atom stereocenters. The Morgan fingerprint density at radius 1 is 1.08 bits per heavy atom. The molecule has 0 unspecified atom stereocenters. The number of ether oxygens (including phenoxy) is 2. The third-order valence-electron chi connectivity index (χ3n) is 3.47. The number of methoxy groups -OCH3 is 2. The third-order valence-corrected chi connectivity index (χ3v) is 3.47. The van der Waals surface area contributed by atoms with Crippen LogP contribution in [0.2, 0.25) is 0 Å². The molecule has 126 valence electrons. The van der Waals surface area contributed by atoms with Crippen LogP contribution in [0.1, 0.15) is 26.4 Å². The van der Waals surface area contributed by atoms with Crippen LogP contribution in [0.25, 0.3) is 0 Å². The fourth-order valence-corrected chi connectivity index (χ4v) is 2.18. The van der Waals surface area contributed by atoms with Crippen LogP contribution in [-0.2, 0) is 16.0 Å². The van der Waals surface area contributed by atoms with Gasteiger partial charge in [0.1, 0.15) is 5.69 Å². The molecule has 0 saturated heterocycles. The molecule has 0 spiro atoms. The second kappa shape index (κ2) is 8.79. The van der Waals surface area contributed by atoms with Gasteiger partial charge >= 0.3 is 5.97 Å². The lowest BCUT2D eigenvalue weighted by Crippen LogP contribution is -2.34. The van der Waals surface area contributed by atoms with E-state index in [4.69, 9.17) is 4.74 Å². The molecule has 1 aromatic carbocycles. The van der Waals surface area contributed by atoms with Crippen LogP contribution in [-0.4, -0.2) is 49.1 Å². The summed E-state index contributed by atoms with van der Waals surface area (Å²) in [6.07, 6.45) is 1.34. The van der Waals surface area contributed by atoms with E-state index < -0.39 is 5.97 Å². The molecule has 0 saturated carbocycles. The summed E-state index contributed by atoms with van der Waals surface area (Å²) in [5.74, 6) is -0.700. The van der Waals surface area contributed by atoms with E-state index >= 15 is 0 Å². The van der Waals surface area contributed by atoms with Crippen LogP contribution in [0.15, 0.2) is 48.7 Å². The van der Waals surface area contributed by atoms with E-state index in [2.05, 4.69) is 9.72 Å². The van der Waals surface area contributed by atoms with Crippen LogP contribution < -0.4 is 0 Å². The molecule has 0 bridgehead atoms. The van der Waals surface area contributed by atoms with E-state index in [1.807, 2.05) is 30.3 Å². The molecule has 0 N–H and O–H groups in total. The van der Waals surface area contributed by atoms with Crippen LogP contribution in [0.4, 0.5) is 0 Å². The number of nitrogens with zero attached hydrogens (tertiary/aromatic N) is 2. The van der Waals surface area contributed by atoms with Gasteiger partial charge in [-0.05, 0) is 17.7 Å². The molecular weight excluding hydrogens is 308 g/mol. The quantitative estimate of drug-likeness (QED) is 0.729. The van der Waals surface area contributed by atoms with E-state index in [1.165, 1.54) is 25.4 Å². The first kappa shape index (κ1) is 17.6. The molecule has 0 radical (unpaired) electrons. The van der Waals surface area contributed by atoms with Crippen molar-refractivity contribution in [1.82, 2.24) is 9.88 Å². The van der Waals surface area contributed by atoms with Gasteiger partial charge in [-0.3, -0.25) is 9.78 Å². The summed E-state index contributed by atoms with van der Waals surface area (Å²) in [6.45, 7) is 1.34. The van der Waals surface area contributed by atoms with Gasteiger partial charge in [0.2, 0.25) is 0 Å². The monoisotopic (exact) mass is 328 g/mol. The highest BCUT2D eigenvalue weighted by molar-refractivity contribution is 5.94. The molecule has 24 heavy (non-hydrogen) atoms. The number of amides is 1. The number of pyridine rings is 1. The lowest BCUT2D eigenvalue weighted by Gasteiger charge is -2.22. The second-order valence-electron chi connectivity index (χ2n) is 5.13. The van der Waals surface area contributed by atoms with Crippen molar-refractivity contribution in [3.8, 4) is 0 Å². The summed E-state index contributed by atoms with van der Waals surface area (Å²) in [7, 11) is 2.89. The number of hydrogen-bond donors (Lipinski definition) is 0. The van der Waals surface area contributed by atoms with E-state index in [-0.39, 0.29) is 11.6 Å². The normalized spacial score (nSPS) is 10.2. The number of rotatable bonds is 7. The Morgan fingerprint density at radius 3 is 2.42 bits per heavy atom. The highest BCUT2D eigenvalue weighted by atomic mass is 16.5. The number of benzene rings is 1. The SMILES string of the molecule is COCCN(Cc1ccccc1)C(=O)c1ccc(C(=O)OC)cn1. The lowest BCUT2D eigenvalue weighted by molar-refractivity contribution is 0.0598. The van der Waals surface area contributed by atoms with Gasteiger partial charge in [0.25, 0.3) is 5.91 Å². The van der Waals surface area contributed by atoms with Crippen molar-refractivity contribution < 1.29 is 19.1 Å². The lowest BCUT2D eigenvalue weighted by atomic mass is 10.2. The molecule has 1 heterocycles. The summed E-state index contributed by atoms with van der Waals surface area (Å²) in [6, 6.07) is 12.8. The van der Waals surface area contributed by atoms with E-state index in [9.17, 15) is 9.59 Å². The summed E-state index contributed by atoms with van der Waals surface area (Å²) in [5, 5.41) is 0. The first-order valence-corrected chi connectivity index (χ1v) is 7.52. The maximum atomic E-state index is 12.7. The molecule has 0 fully saturated rings. The minimum atomic E-state index is -0.484. The van der Waals surface area contributed by atoms with Gasteiger partial charge in [0.05, 0.1) is 19.3 Å². The fourth-order valence-electron chi connectivity index (χ4n) is 2.18. The van der Waals surface area contributed by atoms with Crippen molar-refractivity contribution in [2.24, 2.45) is 0 Å². The number of aromatic nitrogens is 1. The van der Waals surface area contributed by atoms with Crippen LogP contribution in [0, 0.1) is 0 Å². The molecule has 6 nitrogen and oxygen atoms in total. The maximum absolute atomic E-state index is 12.7. The van der Waals surface area contributed by atoms with Gasteiger partial charge in [-0.15, -0.1) is 0 Å². The number of carbonyl (C=O) groups is 2. The largest absolute Gasteiger partial charge is 0.465 e. The number of hydrogen-bond acceptors (Lipinski definition) is 5. The minimum absolute atomic E-state index is 0.215. The molecule has 0 aliphatic rings. The first-order chi connectivity index (χ1) is 11.7. The summed E-state index contributed by atoms with van der Waals surface area (Å²) < 4.78 is 9.71. The molecule has 2 aromatic rings. The predicted octanol–water partition coefficient (Wildman–Crippen LogP) is 2.16. The molecule has 0 aliphatic heterocycles. The Bertz CT molecular complexity index is 671. The zero-order valence-corrected chi connectivity index (χ0v) is 13.8. The molecule has 1 aromatic heterocycles. The second-order valence-corrected chi connectivity index (χ2v) is 5.13. The standard InChI is InChI=1S/C18H20N2O4/c1-23-11-10-20(13-14-6-4-3-5-7-14)17(21)16-9-8-15(12-19-16)18(22)24-2/h3-9,12H,10-11,13H2,1-2H3. The van der Waals surface area contributed by atoms with Crippen molar-refractivity contribution in [2.45, 2.75) is 6.54 Å². The molecule has 6 heteroatoms. The zero-order valence-electron chi connectivity index (χ0n) is 13.8. The smallest absolute Gasteiger partial charge is 0.339 e.